The first-order valence-electron chi connectivity index (χ1n) is 8.88. The van der Waals surface area contributed by atoms with Gasteiger partial charge in [0.05, 0.1) is 16.9 Å². The molecule has 2 aromatic rings. The van der Waals surface area contributed by atoms with Crippen LogP contribution in [0.15, 0.2) is 36.5 Å². The minimum Gasteiger partial charge on any atom is -0.399 e. The SMILES string of the molecule is Cc1cc(C(=O)N(C)c2ccc(B3OC(C)(C)C(C)(C)O3)cc2F)ccn1. The van der Waals surface area contributed by atoms with Crippen LogP contribution in [0.1, 0.15) is 43.7 Å². The summed E-state index contributed by atoms with van der Waals surface area (Å²) in [6, 6.07) is 7.95. The highest BCUT2D eigenvalue weighted by Crippen LogP contribution is 2.36. The van der Waals surface area contributed by atoms with Gasteiger partial charge < -0.3 is 14.2 Å². The lowest BCUT2D eigenvalue weighted by molar-refractivity contribution is 0.00578. The zero-order valence-electron chi connectivity index (χ0n) is 16.5. The molecule has 1 aliphatic rings. The Morgan fingerprint density at radius 2 is 1.74 bits per heavy atom. The van der Waals surface area contributed by atoms with E-state index in [1.807, 2.05) is 27.7 Å². The Morgan fingerprint density at radius 3 is 2.30 bits per heavy atom. The molecule has 1 aromatic carbocycles. The molecular formula is C20H24BFN2O3. The van der Waals surface area contributed by atoms with E-state index < -0.39 is 24.1 Å². The normalized spacial score (nSPS) is 17.8. The molecule has 5 nitrogen and oxygen atoms in total. The van der Waals surface area contributed by atoms with E-state index >= 15 is 0 Å². The van der Waals surface area contributed by atoms with Crippen LogP contribution in [0.4, 0.5) is 10.1 Å². The maximum atomic E-state index is 14.8. The molecule has 1 saturated heterocycles. The summed E-state index contributed by atoms with van der Waals surface area (Å²) in [7, 11) is 0.896. The van der Waals surface area contributed by atoms with Crippen molar-refractivity contribution in [1.82, 2.24) is 4.98 Å². The van der Waals surface area contributed by atoms with E-state index in [9.17, 15) is 9.18 Å². The molecule has 0 spiro atoms. The van der Waals surface area contributed by atoms with Crippen LogP contribution in [0.3, 0.4) is 0 Å². The summed E-state index contributed by atoms with van der Waals surface area (Å²) < 4.78 is 26.7. The molecule has 0 radical (unpaired) electrons. The van der Waals surface area contributed by atoms with Gasteiger partial charge in [-0.15, -0.1) is 0 Å². The molecule has 0 N–H and O–H groups in total. The molecular weight excluding hydrogens is 346 g/mol. The third-order valence-corrected chi connectivity index (χ3v) is 5.31. The van der Waals surface area contributed by atoms with Gasteiger partial charge in [0.25, 0.3) is 5.91 Å². The number of amides is 1. The molecule has 1 amide bonds. The second-order valence-electron chi connectivity index (χ2n) is 7.85. The lowest BCUT2D eigenvalue weighted by Crippen LogP contribution is -2.41. The number of aromatic nitrogens is 1. The summed E-state index contributed by atoms with van der Waals surface area (Å²) in [5.74, 6) is -0.813. The molecule has 0 aliphatic carbocycles. The summed E-state index contributed by atoms with van der Waals surface area (Å²) >= 11 is 0. The number of halogens is 1. The Morgan fingerprint density at radius 1 is 1.11 bits per heavy atom. The van der Waals surface area contributed by atoms with Crippen molar-refractivity contribution in [1.29, 1.82) is 0 Å². The summed E-state index contributed by atoms with van der Waals surface area (Å²) in [5.41, 5.74) is 0.952. The van der Waals surface area contributed by atoms with E-state index in [4.69, 9.17) is 9.31 Å². The first-order chi connectivity index (χ1) is 12.5. The third kappa shape index (κ3) is 3.62. The Hall–Kier alpha value is -2.25. The maximum absolute atomic E-state index is 14.8. The molecule has 0 unspecified atom stereocenters. The van der Waals surface area contributed by atoms with Gasteiger partial charge in [-0.1, -0.05) is 6.07 Å². The van der Waals surface area contributed by atoms with Crippen LogP contribution in [0, 0.1) is 12.7 Å². The lowest BCUT2D eigenvalue weighted by atomic mass is 9.79. The Bertz CT molecular complexity index is 869. The minimum atomic E-state index is -0.651. The van der Waals surface area contributed by atoms with E-state index in [1.54, 1.807) is 44.4 Å². The molecule has 1 aromatic heterocycles. The summed E-state index contributed by atoms with van der Waals surface area (Å²) in [6.07, 6.45) is 1.56. The maximum Gasteiger partial charge on any atom is 0.494 e. The second kappa shape index (κ2) is 6.73. The quantitative estimate of drug-likeness (QED) is 0.780. The van der Waals surface area contributed by atoms with E-state index in [1.165, 1.54) is 11.0 Å². The molecule has 0 saturated carbocycles. The highest BCUT2D eigenvalue weighted by molar-refractivity contribution is 6.62. The summed E-state index contributed by atoms with van der Waals surface area (Å²) in [5, 5.41) is 0. The van der Waals surface area contributed by atoms with Crippen LogP contribution in [-0.4, -0.2) is 36.3 Å². The number of anilines is 1. The van der Waals surface area contributed by atoms with E-state index in [-0.39, 0.29) is 11.6 Å². The van der Waals surface area contributed by atoms with Gasteiger partial charge in [0, 0.05) is 24.5 Å². The van der Waals surface area contributed by atoms with E-state index in [0.29, 0.717) is 11.0 Å². The zero-order valence-corrected chi connectivity index (χ0v) is 16.5. The standard InChI is InChI=1S/C20H24BFN2O3/c1-13-11-14(9-10-23-13)18(25)24(6)17-8-7-15(12-16(17)22)21-26-19(2,3)20(4,5)27-21/h7-12H,1-6H3. The Balaban J connectivity index is 1.84. The van der Waals surface area contributed by atoms with Gasteiger partial charge in [-0.2, -0.15) is 0 Å². The highest BCUT2D eigenvalue weighted by Gasteiger charge is 2.51. The fraction of sp³-hybridized carbons (Fsp3) is 0.400. The number of rotatable bonds is 3. The monoisotopic (exact) mass is 370 g/mol. The first kappa shape index (κ1) is 19.5. The molecule has 27 heavy (non-hydrogen) atoms. The average Bonchev–Trinajstić information content (AvgIpc) is 2.81. The van der Waals surface area contributed by atoms with Gasteiger partial charge in [0.2, 0.25) is 0 Å². The number of aryl methyl sites for hydroxylation is 1. The van der Waals surface area contributed by atoms with Crippen molar-refractivity contribution in [3.05, 3.63) is 53.6 Å². The average molecular weight is 370 g/mol. The largest absolute Gasteiger partial charge is 0.494 e. The van der Waals surface area contributed by atoms with E-state index in [0.717, 1.165) is 5.69 Å². The van der Waals surface area contributed by atoms with Crippen LogP contribution in [-0.2, 0) is 9.31 Å². The van der Waals surface area contributed by atoms with Gasteiger partial charge >= 0.3 is 7.12 Å². The number of nitrogens with zero attached hydrogens (tertiary/aromatic N) is 2. The Kier molecular flexibility index (Phi) is 4.86. The van der Waals surface area contributed by atoms with Crippen molar-refractivity contribution in [3.8, 4) is 0 Å². The number of hydrogen-bond acceptors (Lipinski definition) is 4. The van der Waals surface area contributed by atoms with Gasteiger partial charge in [-0.25, -0.2) is 4.39 Å². The number of benzene rings is 1. The van der Waals surface area contributed by atoms with Crippen molar-refractivity contribution in [2.45, 2.75) is 45.8 Å². The van der Waals surface area contributed by atoms with Crippen LogP contribution in [0.25, 0.3) is 0 Å². The van der Waals surface area contributed by atoms with Crippen molar-refractivity contribution >= 4 is 24.2 Å². The smallest absolute Gasteiger partial charge is 0.399 e. The number of hydrogen-bond donors (Lipinski definition) is 0. The van der Waals surface area contributed by atoms with Crippen LogP contribution in [0.2, 0.25) is 0 Å². The molecule has 1 aliphatic heterocycles. The third-order valence-electron chi connectivity index (χ3n) is 5.31. The lowest BCUT2D eigenvalue weighted by Gasteiger charge is -2.32. The van der Waals surface area contributed by atoms with E-state index in [2.05, 4.69) is 4.98 Å². The number of carbonyl (C=O) groups excluding carboxylic acids is 1. The molecule has 1 fully saturated rings. The van der Waals surface area contributed by atoms with Crippen molar-refractivity contribution in [3.63, 3.8) is 0 Å². The fourth-order valence-corrected chi connectivity index (χ4v) is 2.90. The van der Waals surface area contributed by atoms with Crippen molar-refractivity contribution in [2.75, 3.05) is 11.9 Å². The number of pyridine rings is 1. The predicted molar refractivity (Wildman–Crippen MR) is 104 cm³/mol. The molecule has 142 valence electrons. The molecule has 3 rings (SSSR count). The first-order valence-corrected chi connectivity index (χ1v) is 8.88. The molecule has 2 heterocycles. The second-order valence-corrected chi connectivity index (χ2v) is 7.85. The van der Waals surface area contributed by atoms with Crippen molar-refractivity contribution in [2.24, 2.45) is 0 Å². The Labute approximate surface area is 159 Å². The highest BCUT2D eigenvalue weighted by atomic mass is 19.1. The van der Waals surface area contributed by atoms with Gasteiger partial charge in [-0.05, 0) is 64.3 Å². The van der Waals surface area contributed by atoms with Crippen LogP contribution >= 0.6 is 0 Å². The number of carbonyl (C=O) groups is 1. The fourth-order valence-electron chi connectivity index (χ4n) is 2.90. The van der Waals surface area contributed by atoms with Crippen LogP contribution in [0.5, 0.6) is 0 Å². The minimum absolute atomic E-state index is 0.190. The zero-order chi connectivity index (χ0) is 20.0. The summed E-state index contributed by atoms with van der Waals surface area (Å²) in [4.78, 5) is 18.0. The molecule has 0 atom stereocenters. The summed E-state index contributed by atoms with van der Waals surface area (Å²) in [6.45, 7) is 9.58. The van der Waals surface area contributed by atoms with Gasteiger partial charge in [-0.3, -0.25) is 9.78 Å². The topological polar surface area (TPSA) is 51.7 Å². The van der Waals surface area contributed by atoms with Gasteiger partial charge in [0.15, 0.2) is 0 Å². The van der Waals surface area contributed by atoms with Gasteiger partial charge in [0.1, 0.15) is 5.82 Å². The van der Waals surface area contributed by atoms with Crippen LogP contribution < -0.4 is 10.4 Å². The predicted octanol–water partition coefficient (Wildman–Crippen LogP) is 3.10. The molecule has 7 heteroatoms. The van der Waals surface area contributed by atoms with Crippen molar-refractivity contribution < 1.29 is 18.5 Å². The molecule has 0 bridgehead atoms.